The predicted octanol–water partition coefficient (Wildman–Crippen LogP) is 1.17. The van der Waals surface area contributed by atoms with Crippen molar-refractivity contribution < 1.29 is 27.9 Å². The highest BCUT2D eigenvalue weighted by molar-refractivity contribution is 5.87. The molecule has 1 aromatic rings. The highest BCUT2D eigenvalue weighted by Crippen LogP contribution is 2.15. The summed E-state index contributed by atoms with van der Waals surface area (Å²) in [5.74, 6) is -0.814. The Morgan fingerprint density at radius 1 is 1.45 bits per heavy atom. The molecule has 1 rings (SSSR count). The Labute approximate surface area is 113 Å². The van der Waals surface area contributed by atoms with Crippen molar-refractivity contribution in [3.8, 4) is 0 Å². The van der Waals surface area contributed by atoms with Gasteiger partial charge in [0.05, 0.1) is 0 Å². The number of carbonyl (C=O) groups excluding carboxylic acids is 1. The van der Waals surface area contributed by atoms with Crippen molar-refractivity contribution in [3.05, 3.63) is 36.2 Å². The average molecular weight is 290 g/mol. The van der Waals surface area contributed by atoms with Gasteiger partial charge in [-0.2, -0.15) is 13.2 Å². The molecule has 1 amide bonds. The molecule has 0 aliphatic carbocycles. The van der Waals surface area contributed by atoms with Gasteiger partial charge < -0.3 is 10.6 Å². The normalized spacial score (nSPS) is 11.6. The first-order chi connectivity index (χ1) is 9.29. The standard InChI is InChI=1S/C12H14F3N3O2/c1-9-10(3-2-8-18(9)20)16-6-7-17-11(19)4-5-12(13,14)15/h2-5,8,16H,6-7H2,1H3,(H-,17,19,20)/p+1/b5-4+. The molecular weight excluding hydrogens is 275 g/mol. The predicted molar refractivity (Wildman–Crippen MR) is 65.3 cm³/mol. The molecule has 1 heterocycles. The van der Waals surface area contributed by atoms with Gasteiger partial charge in [-0.25, -0.2) is 0 Å². The molecule has 0 radical (unpaired) electrons. The van der Waals surface area contributed by atoms with Crippen molar-refractivity contribution in [2.45, 2.75) is 13.1 Å². The lowest BCUT2D eigenvalue weighted by molar-refractivity contribution is -0.908. The third kappa shape index (κ3) is 5.59. The van der Waals surface area contributed by atoms with E-state index in [0.29, 0.717) is 24.0 Å². The molecule has 0 fully saturated rings. The van der Waals surface area contributed by atoms with Crippen LogP contribution in [-0.2, 0) is 4.79 Å². The zero-order valence-electron chi connectivity index (χ0n) is 10.7. The molecule has 0 unspecified atom stereocenters. The monoisotopic (exact) mass is 290 g/mol. The summed E-state index contributed by atoms with van der Waals surface area (Å²) in [5, 5.41) is 14.6. The number of amides is 1. The molecule has 0 aliphatic rings. The minimum absolute atomic E-state index is 0.119. The van der Waals surface area contributed by atoms with Crippen LogP contribution in [0.4, 0.5) is 18.9 Å². The zero-order chi connectivity index (χ0) is 15.2. The summed E-state index contributed by atoms with van der Waals surface area (Å²) in [6.07, 6.45) is -2.71. The molecule has 20 heavy (non-hydrogen) atoms. The maximum atomic E-state index is 11.8. The average Bonchev–Trinajstić information content (AvgIpc) is 2.36. The largest absolute Gasteiger partial charge is 0.409 e. The number of pyridine rings is 1. The van der Waals surface area contributed by atoms with Crippen molar-refractivity contribution in [1.29, 1.82) is 0 Å². The number of hydrogen-bond acceptors (Lipinski definition) is 3. The first-order valence-corrected chi connectivity index (χ1v) is 5.78. The summed E-state index contributed by atoms with van der Waals surface area (Å²) in [7, 11) is 0. The minimum Gasteiger partial charge on any atom is -0.378 e. The second-order valence-electron chi connectivity index (χ2n) is 3.94. The van der Waals surface area contributed by atoms with Crippen LogP contribution >= 0.6 is 0 Å². The Morgan fingerprint density at radius 3 is 2.80 bits per heavy atom. The number of nitrogens with one attached hydrogen (secondary N) is 2. The number of nitrogens with zero attached hydrogens (tertiary/aromatic N) is 1. The SMILES string of the molecule is Cc1c(NCCNC(=O)/C=C/C(F)(F)F)ccc[n+]1O. The van der Waals surface area contributed by atoms with Crippen molar-refractivity contribution in [2.24, 2.45) is 0 Å². The highest BCUT2D eigenvalue weighted by Gasteiger charge is 2.22. The van der Waals surface area contributed by atoms with Crippen molar-refractivity contribution in [2.75, 3.05) is 18.4 Å². The van der Waals surface area contributed by atoms with Crippen LogP contribution in [0, 0.1) is 6.92 Å². The Bertz CT molecular complexity index is 501. The molecule has 0 atom stereocenters. The van der Waals surface area contributed by atoms with Crippen LogP contribution < -0.4 is 15.4 Å². The number of carbonyl (C=O) groups is 1. The van der Waals surface area contributed by atoms with E-state index in [1.54, 1.807) is 19.1 Å². The maximum absolute atomic E-state index is 11.8. The van der Waals surface area contributed by atoms with Crippen molar-refractivity contribution in [3.63, 3.8) is 0 Å². The fourth-order valence-electron chi connectivity index (χ4n) is 1.38. The molecule has 0 saturated carbocycles. The lowest BCUT2D eigenvalue weighted by Gasteiger charge is -2.06. The number of allylic oxidation sites excluding steroid dienone is 1. The van der Waals surface area contributed by atoms with Gasteiger partial charge in [0.15, 0.2) is 0 Å². The topological polar surface area (TPSA) is 65.2 Å². The number of anilines is 1. The fraction of sp³-hybridized carbons (Fsp3) is 0.333. The molecule has 5 nitrogen and oxygen atoms in total. The number of aromatic nitrogens is 1. The number of halogens is 3. The van der Waals surface area contributed by atoms with E-state index in [1.165, 1.54) is 6.20 Å². The number of hydrogen-bond donors (Lipinski definition) is 3. The van der Waals surface area contributed by atoms with E-state index in [9.17, 15) is 23.2 Å². The first-order valence-electron chi connectivity index (χ1n) is 5.78. The number of alkyl halides is 3. The summed E-state index contributed by atoms with van der Waals surface area (Å²) in [6.45, 7) is 2.16. The van der Waals surface area contributed by atoms with Gasteiger partial charge in [-0.05, 0) is 6.07 Å². The van der Waals surface area contributed by atoms with Gasteiger partial charge in [-0.15, -0.1) is 0 Å². The Balaban J connectivity index is 2.34. The van der Waals surface area contributed by atoms with Crippen LogP contribution in [-0.4, -0.2) is 30.4 Å². The quantitative estimate of drug-likeness (QED) is 0.330. The molecule has 110 valence electrons. The van der Waals surface area contributed by atoms with Crippen LogP contribution in [0.15, 0.2) is 30.5 Å². The van der Waals surface area contributed by atoms with Crippen LogP contribution in [0.3, 0.4) is 0 Å². The van der Waals surface area contributed by atoms with Crippen molar-refractivity contribution >= 4 is 11.6 Å². The van der Waals surface area contributed by atoms with Crippen LogP contribution in [0.1, 0.15) is 5.69 Å². The summed E-state index contributed by atoms with van der Waals surface area (Å²) in [4.78, 5) is 11.1. The Hall–Kier alpha value is -2.25. The van der Waals surface area contributed by atoms with Crippen LogP contribution in [0.5, 0.6) is 0 Å². The van der Waals surface area contributed by atoms with Gasteiger partial charge in [0, 0.05) is 43.0 Å². The van der Waals surface area contributed by atoms with E-state index in [-0.39, 0.29) is 12.6 Å². The Morgan fingerprint density at radius 2 is 2.15 bits per heavy atom. The lowest BCUT2D eigenvalue weighted by atomic mass is 10.3. The smallest absolute Gasteiger partial charge is 0.378 e. The number of rotatable bonds is 5. The second-order valence-corrected chi connectivity index (χ2v) is 3.94. The van der Waals surface area contributed by atoms with Gasteiger partial charge in [0.25, 0.3) is 5.69 Å². The molecule has 3 N–H and O–H groups in total. The van der Waals surface area contributed by atoms with E-state index < -0.39 is 12.1 Å². The molecule has 0 saturated heterocycles. The van der Waals surface area contributed by atoms with Crippen LogP contribution in [0.25, 0.3) is 0 Å². The molecule has 1 aromatic heterocycles. The van der Waals surface area contributed by atoms with E-state index in [2.05, 4.69) is 10.6 Å². The van der Waals surface area contributed by atoms with Gasteiger partial charge in [-0.3, -0.25) is 10.0 Å². The summed E-state index contributed by atoms with van der Waals surface area (Å²) >= 11 is 0. The first kappa shape index (κ1) is 15.8. The molecule has 0 aromatic carbocycles. The van der Waals surface area contributed by atoms with Crippen LogP contribution in [0.2, 0.25) is 0 Å². The van der Waals surface area contributed by atoms with E-state index >= 15 is 0 Å². The lowest BCUT2D eigenvalue weighted by Crippen LogP contribution is -2.34. The molecule has 0 aliphatic heterocycles. The molecule has 8 heteroatoms. The van der Waals surface area contributed by atoms with Crippen molar-refractivity contribution in [1.82, 2.24) is 5.32 Å². The third-order valence-electron chi connectivity index (χ3n) is 2.39. The summed E-state index contributed by atoms with van der Waals surface area (Å²) in [5.41, 5.74) is 1.24. The second kappa shape index (κ2) is 6.78. The zero-order valence-corrected chi connectivity index (χ0v) is 10.7. The van der Waals surface area contributed by atoms with E-state index in [1.807, 2.05) is 0 Å². The minimum atomic E-state index is -4.49. The van der Waals surface area contributed by atoms with Gasteiger partial charge in [-0.1, -0.05) is 0 Å². The fourth-order valence-corrected chi connectivity index (χ4v) is 1.38. The summed E-state index contributed by atoms with van der Waals surface area (Å²) in [6, 6.07) is 3.35. The maximum Gasteiger partial charge on any atom is 0.409 e. The van der Waals surface area contributed by atoms with E-state index in [0.717, 1.165) is 4.73 Å². The summed E-state index contributed by atoms with van der Waals surface area (Å²) < 4.78 is 36.3. The van der Waals surface area contributed by atoms with Gasteiger partial charge >= 0.3 is 6.18 Å². The molecule has 0 bridgehead atoms. The molecular formula is C12H15F3N3O2+. The Kier molecular flexibility index (Phi) is 5.36. The van der Waals surface area contributed by atoms with E-state index in [4.69, 9.17) is 0 Å². The van der Waals surface area contributed by atoms with Gasteiger partial charge in [0.1, 0.15) is 5.69 Å². The highest BCUT2D eigenvalue weighted by atomic mass is 19.4. The van der Waals surface area contributed by atoms with Gasteiger partial charge in [0.2, 0.25) is 12.1 Å². The molecule has 0 spiro atoms. The third-order valence-corrected chi connectivity index (χ3v) is 2.39.